The van der Waals surface area contributed by atoms with Crippen LogP contribution in [0.5, 0.6) is 0 Å². The van der Waals surface area contributed by atoms with E-state index in [9.17, 15) is 5.11 Å². The SMILES string of the molecule is CC(OCC(O)CNC(C)(C)Cc1ccc2ccccc2c1)c1cccc(Cl)c1Cl. The molecular formula is C25H29Cl2NO2. The van der Waals surface area contributed by atoms with Gasteiger partial charge >= 0.3 is 0 Å². The van der Waals surface area contributed by atoms with Gasteiger partial charge in [0.2, 0.25) is 0 Å². The number of aliphatic hydroxyl groups excluding tert-OH is 1. The van der Waals surface area contributed by atoms with Gasteiger partial charge in [-0.3, -0.25) is 0 Å². The van der Waals surface area contributed by atoms with Gasteiger partial charge in [-0.2, -0.15) is 0 Å². The summed E-state index contributed by atoms with van der Waals surface area (Å²) in [6, 6.07) is 20.4. The van der Waals surface area contributed by atoms with Gasteiger partial charge in [0.25, 0.3) is 0 Å². The maximum absolute atomic E-state index is 10.4. The van der Waals surface area contributed by atoms with Crippen molar-refractivity contribution in [3.63, 3.8) is 0 Å². The quantitative estimate of drug-likeness (QED) is 0.412. The molecule has 0 bridgehead atoms. The van der Waals surface area contributed by atoms with E-state index in [2.05, 4.69) is 61.6 Å². The van der Waals surface area contributed by atoms with E-state index in [0.29, 0.717) is 16.6 Å². The number of hydrogen-bond acceptors (Lipinski definition) is 3. The van der Waals surface area contributed by atoms with Gasteiger partial charge in [-0.15, -0.1) is 0 Å². The Hall–Kier alpha value is -1.62. The van der Waals surface area contributed by atoms with E-state index in [1.165, 1.54) is 16.3 Å². The van der Waals surface area contributed by atoms with E-state index in [4.69, 9.17) is 27.9 Å². The third-order valence-corrected chi connectivity index (χ3v) is 6.07. The Morgan fingerprint density at radius 3 is 2.50 bits per heavy atom. The molecule has 0 aromatic heterocycles. The van der Waals surface area contributed by atoms with Crippen LogP contribution in [0.25, 0.3) is 10.8 Å². The van der Waals surface area contributed by atoms with Crippen LogP contribution < -0.4 is 5.32 Å². The summed E-state index contributed by atoms with van der Waals surface area (Å²) in [5, 5.41) is 17.3. The molecule has 3 aromatic carbocycles. The molecule has 3 nitrogen and oxygen atoms in total. The molecule has 0 aliphatic rings. The van der Waals surface area contributed by atoms with Gasteiger partial charge in [-0.05, 0) is 49.6 Å². The molecular weight excluding hydrogens is 417 g/mol. The Bertz CT molecular complexity index is 990. The van der Waals surface area contributed by atoms with Gasteiger partial charge in [-0.25, -0.2) is 0 Å². The van der Waals surface area contributed by atoms with Crippen molar-refractivity contribution in [3.05, 3.63) is 81.8 Å². The summed E-state index contributed by atoms with van der Waals surface area (Å²) in [6.45, 7) is 6.84. The maximum Gasteiger partial charge on any atom is 0.0898 e. The molecule has 2 unspecified atom stereocenters. The highest BCUT2D eigenvalue weighted by atomic mass is 35.5. The topological polar surface area (TPSA) is 41.5 Å². The molecule has 2 atom stereocenters. The van der Waals surface area contributed by atoms with E-state index in [0.717, 1.165) is 12.0 Å². The van der Waals surface area contributed by atoms with Gasteiger partial charge in [-0.1, -0.05) is 77.8 Å². The second-order valence-corrected chi connectivity index (χ2v) is 9.18. The van der Waals surface area contributed by atoms with Crippen LogP contribution in [-0.2, 0) is 11.2 Å². The third kappa shape index (κ3) is 6.19. The number of benzene rings is 3. The van der Waals surface area contributed by atoms with Gasteiger partial charge in [0.15, 0.2) is 0 Å². The fourth-order valence-corrected chi connectivity index (χ4v) is 4.02. The Balaban J connectivity index is 1.50. The summed E-state index contributed by atoms with van der Waals surface area (Å²) in [6.07, 6.45) is -0.0160. The summed E-state index contributed by atoms with van der Waals surface area (Å²) < 4.78 is 5.82. The number of aliphatic hydroxyl groups is 1. The molecule has 0 amide bonds. The van der Waals surface area contributed by atoms with Crippen molar-refractivity contribution in [1.29, 1.82) is 0 Å². The molecule has 160 valence electrons. The first kappa shape index (κ1) is 23.1. The van der Waals surface area contributed by atoms with E-state index in [1.807, 2.05) is 19.1 Å². The maximum atomic E-state index is 10.4. The molecule has 5 heteroatoms. The van der Waals surface area contributed by atoms with Crippen LogP contribution in [0, 0.1) is 0 Å². The van der Waals surface area contributed by atoms with Crippen LogP contribution in [-0.4, -0.2) is 29.9 Å². The predicted octanol–water partition coefficient (Wildman–Crippen LogP) is 6.20. The minimum atomic E-state index is -0.624. The molecule has 3 aromatic rings. The lowest BCUT2D eigenvalue weighted by molar-refractivity contribution is -0.00413. The average molecular weight is 446 g/mol. The van der Waals surface area contributed by atoms with Crippen LogP contribution in [0.2, 0.25) is 10.0 Å². The van der Waals surface area contributed by atoms with Crippen molar-refractivity contribution in [2.24, 2.45) is 0 Å². The largest absolute Gasteiger partial charge is 0.389 e. The Kier molecular flexibility index (Phi) is 7.78. The summed E-state index contributed by atoms with van der Waals surface area (Å²) in [5.74, 6) is 0. The Morgan fingerprint density at radius 1 is 1.00 bits per heavy atom. The molecule has 0 radical (unpaired) electrons. The van der Waals surface area contributed by atoms with Crippen LogP contribution in [0.3, 0.4) is 0 Å². The number of fused-ring (bicyclic) bond motifs is 1. The third-order valence-electron chi connectivity index (χ3n) is 5.23. The van der Waals surface area contributed by atoms with Crippen molar-refractivity contribution in [2.45, 2.75) is 44.9 Å². The van der Waals surface area contributed by atoms with E-state index in [-0.39, 0.29) is 18.2 Å². The fraction of sp³-hybridized carbons (Fsp3) is 0.360. The highest BCUT2D eigenvalue weighted by Gasteiger charge is 2.20. The Morgan fingerprint density at radius 2 is 1.73 bits per heavy atom. The normalized spacial score (nSPS) is 14.1. The first-order valence-corrected chi connectivity index (χ1v) is 11.0. The van der Waals surface area contributed by atoms with Crippen LogP contribution >= 0.6 is 23.2 Å². The molecule has 0 saturated heterocycles. The molecule has 0 fully saturated rings. The zero-order chi connectivity index (χ0) is 21.7. The van der Waals surface area contributed by atoms with Gasteiger partial charge < -0.3 is 15.2 Å². The number of hydrogen-bond donors (Lipinski definition) is 2. The van der Waals surface area contributed by atoms with Gasteiger partial charge in [0, 0.05) is 17.6 Å². The molecule has 2 N–H and O–H groups in total. The molecule has 0 aliphatic carbocycles. The molecule has 0 saturated carbocycles. The molecule has 0 spiro atoms. The van der Waals surface area contributed by atoms with E-state index >= 15 is 0 Å². The predicted molar refractivity (Wildman–Crippen MR) is 127 cm³/mol. The number of halogens is 2. The highest BCUT2D eigenvalue weighted by molar-refractivity contribution is 6.42. The first-order valence-electron chi connectivity index (χ1n) is 10.2. The van der Waals surface area contributed by atoms with Crippen molar-refractivity contribution in [3.8, 4) is 0 Å². The van der Waals surface area contributed by atoms with Crippen LogP contribution in [0.4, 0.5) is 0 Å². The number of rotatable bonds is 9. The lowest BCUT2D eigenvalue weighted by Crippen LogP contribution is -2.46. The molecule has 0 heterocycles. The first-order chi connectivity index (χ1) is 14.2. The molecule has 3 rings (SSSR count). The second-order valence-electron chi connectivity index (χ2n) is 8.40. The summed E-state index contributed by atoms with van der Waals surface area (Å²) in [4.78, 5) is 0. The Labute approximate surface area is 189 Å². The second kappa shape index (κ2) is 10.1. The summed E-state index contributed by atoms with van der Waals surface area (Å²) >= 11 is 12.3. The highest BCUT2D eigenvalue weighted by Crippen LogP contribution is 2.31. The van der Waals surface area contributed by atoms with Crippen molar-refractivity contribution in [1.82, 2.24) is 5.32 Å². The molecule has 30 heavy (non-hydrogen) atoms. The minimum Gasteiger partial charge on any atom is -0.389 e. The van der Waals surface area contributed by atoms with Crippen molar-refractivity contribution < 1.29 is 9.84 Å². The smallest absolute Gasteiger partial charge is 0.0898 e. The van der Waals surface area contributed by atoms with E-state index < -0.39 is 6.10 Å². The fourth-order valence-electron chi connectivity index (χ4n) is 3.55. The zero-order valence-electron chi connectivity index (χ0n) is 17.7. The van der Waals surface area contributed by atoms with Crippen molar-refractivity contribution in [2.75, 3.05) is 13.2 Å². The van der Waals surface area contributed by atoms with E-state index in [1.54, 1.807) is 6.07 Å². The van der Waals surface area contributed by atoms with Crippen LogP contribution in [0.1, 0.15) is 38.0 Å². The monoisotopic (exact) mass is 445 g/mol. The molecule has 0 aliphatic heterocycles. The average Bonchev–Trinajstić information content (AvgIpc) is 2.72. The minimum absolute atomic E-state index is 0.161. The van der Waals surface area contributed by atoms with Gasteiger partial charge in [0.1, 0.15) is 0 Å². The number of nitrogens with one attached hydrogen (secondary N) is 1. The van der Waals surface area contributed by atoms with Crippen molar-refractivity contribution >= 4 is 34.0 Å². The number of β-amino-alcohol motifs (C(OH)–C–C–N with tert-alkyl or cyclic N) is 1. The standard InChI is InChI=1S/C25H29Cl2NO2/c1-17(22-9-6-10-23(26)24(22)27)30-16-21(29)15-28-25(2,3)14-18-11-12-19-7-4-5-8-20(19)13-18/h4-13,17,21,28-29H,14-16H2,1-3H3. The number of ether oxygens (including phenoxy) is 1. The summed E-state index contributed by atoms with van der Waals surface area (Å²) in [7, 11) is 0. The van der Waals surface area contributed by atoms with Gasteiger partial charge in [0.05, 0.1) is 28.9 Å². The lowest BCUT2D eigenvalue weighted by Gasteiger charge is -2.28. The summed E-state index contributed by atoms with van der Waals surface area (Å²) in [5.41, 5.74) is 1.92. The zero-order valence-corrected chi connectivity index (χ0v) is 19.2. The lowest BCUT2D eigenvalue weighted by atomic mass is 9.93. The van der Waals surface area contributed by atoms with Crippen LogP contribution in [0.15, 0.2) is 60.7 Å².